The Bertz CT molecular complexity index is 855. The van der Waals surface area contributed by atoms with E-state index in [1.165, 1.54) is 0 Å². The summed E-state index contributed by atoms with van der Waals surface area (Å²) in [6.07, 6.45) is 0. The van der Waals surface area contributed by atoms with E-state index in [1.54, 1.807) is 11.3 Å². The molecule has 5 nitrogen and oxygen atoms in total. The zero-order valence-electron chi connectivity index (χ0n) is 14.0. The van der Waals surface area contributed by atoms with E-state index in [4.69, 9.17) is 0 Å². The third kappa shape index (κ3) is 3.60. The summed E-state index contributed by atoms with van der Waals surface area (Å²) in [6.45, 7) is 3.35. The minimum atomic E-state index is -0.0528. The molecule has 124 valence electrons. The number of carbonyl (C=O) groups is 1. The van der Waals surface area contributed by atoms with Gasteiger partial charge < -0.3 is 10.2 Å². The van der Waals surface area contributed by atoms with Gasteiger partial charge in [-0.15, -0.1) is 11.3 Å². The van der Waals surface area contributed by atoms with E-state index in [9.17, 15) is 4.79 Å². The number of likely N-dealkylation sites (N-methyl/N-ethyl adjacent to an activating group) is 1. The van der Waals surface area contributed by atoms with Gasteiger partial charge in [-0.3, -0.25) is 4.79 Å². The third-order valence-electron chi connectivity index (χ3n) is 3.70. The smallest absolute Gasteiger partial charge is 0.251 e. The summed E-state index contributed by atoms with van der Waals surface area (Å²) in [6, 6.07) is 9.61. The number of amides is 1. The molecule has 24 heavy (non-hydrogen) atoms. The summed E-state index contributed by atoms with van der Waals surface area (Å²) in [5.41, 5.74) is 2.57. The van der Waals surface area contributed by atoms with Gasteiger partial charge in [0.1, 0.15) is 10.7 Å². The molecule has 0 fully saturated rings. The minimum absolute atomic E-state index is 0.0528. The molecule has 0 aliphatic heterocycles. The number of benzene rings is 1. The molecule has 0 saturated heterocycles. The first kappa shape index (κ1) is 16.5. The molecule has 0 unspecified atom stereocenters. The van der Waals surface area contributed by atoms with Crippen molar-refractivity contribution in [2.45, 2.75) is 6.92 Å². The molecule has 0 aliphatic rings. The number of carbonyl (C=O) groups excluding carboxylic acids is 1. The maximum atomic E-state index is 12.1. The fraction of sp³-hybridized carbons (Fsp3) is 0.278. The first-order valence-corrected chi connectivity index (χ1v) is 8.68. The lowest BCUT2D eigenvalue weighted by Crippen LogP contribution is -2.31. The van der Waals surface area contributed by atoms with Gasteiger partial charge in [0, 0.05) is 29.6 Å². The van der Waals surface area contributed by atoms with Crippen LogP contribution in [0.5, 0.6) is 0 Å². The van der Waals surface area contributed by atoms with Crippen molar-refractivity contribution in [3.05, 3.63) is 47.1 Å². The number of thiophene rings is 1. The number of nitrogens with zero attached hydrogens (tertiary/aromatic N) is 3. The highest BCUT2D eigenvalue weighted by molar-refractivity contribution is 7.16. The Morgan fingerprint density at radius 3 is 2.62 bits per heavy atom. The average molecular weight is 340 g/mol. The van der Waals surface area contributed by atoms with E-state index in [2.05, 4.69) is 15.3 Å². The molecule has 0 saturated carbocycles. The molecule has 0 aliphatic carbocycles. The molecule has 6 heteroatoms. The van der Waals surface area contributed by atoms with E-state index in [-0.39, 0.29) is 5.91 Å². The number of aromatic nitrogens is 2. The summed E-state index contributed by atoms with van der Waals surface area (Å²) in [5, 5.41) is 5.99. The van der Waals surface area contributed by atoms with Crippen molar-refractivity contribution < 1.29 is 4.79 Å². The van der Waals surface area contributed by atoms with Crippen molar-refractivity contribution in [1.82, 2.24) is 20.2 Å². The molecule has 2 heterocycles. The Balaban J connectivity index is 1.81. The number of aryl methyl sites for hydroxylation is 1. The molecular formula is C18H20N4OS. The normalized spacial score (nSPS) is 11.2. The van der Waals surface area contributed by atoms with Crippen LogP contribution in [-0.4, -0.2) is 48.0 Å². The van der Waals surface area contributed by atoms with Crippen molar-refractivity contribution in [2.75, 3.05) is 27.2 Å². The Morgan fingerprint density at radius 1 is 1.17 bits per heavy atom. The maximum Gasteiger partial charge on any atom is 0.251 e. The Morgan fingerprint density at radius 2 is 1.92 bits per heavy atom. The van der Waals surface area contributed by atoms with Crippen molar-refractivity contribution in [3.63, 3.8) is 0 Å². The van der Waals surface area contributed by atoms with Crippen LogP contribution < -0.4 is 5.32 Å². The quantitative estimate of drug-likeness (QED) is 0.776. The van der Waals surface area contributed by atoms with E-state index in [1.807, 2.05) is 61.6 Å². The van der Waals surface area contributed by atoms with Crippen LogP contribution in [0.1, 0.15) is 16.2 Å². The molecule has 3 aromatic rings. The molecular weight excluding hydrogens is 320 g/mol. The molecule has 0 atom stereocenters. The van der Waals surface area contributed by atoms with Crippen LogP contribution in [0.2, 0.25) is 0 Å². The van der Waals surface area contributed by atoms with Gasteiger partial charge in [0.05, 0.1) is 5.69 Å². The SMILES string of the molecule is Cc1nc(-c2ccc(C(=O)NCCN(C)C)cc2)c2ccsc2n1. The van der Waals surface area contributed by atoms with Crippen molar-refractivity contribution >= 4 is 27.5 Å². The van der Waals surface area contributed by atoms with Gasteiger partial charge in [0.2, 0.25) is 0 Å². The van der Waals surface area contributed by atoms with Crippen molar-refractivity contribution in [2.24, 2.45) is 0 Å². The lowest BCUT2D eigenvalue weighted by atomic mass is 10.1. The highest BCUT2D eigenvalue weighted by atomic mass is 32.1. The third-order valence-corrected chi connectivity index (χ3v) is 4.51. The zero-order valence-corrected chi connectivity index (χ0v) is 14.9. The summed E-state index contributed by atoms with van der Waals surface area (Å²) in [4.78, 5) is 24.2. The lowest BCUT2D eigenvalue weighted by molar-refractivity contribution is 0.0951. The number of nitrogens with one attached hydrogen (secondary N) is 1. The monoisotopic (exact) mass is 340 g/mol. The molecule has 1 aromatic carbocycles. The molecule has 3 rings (SSSR count). The predicted octanol–water partition coefficient (Wildman–Crippen LogP) is 2.96. The largest absolute Gasteiger partial charge is 0.351 e. The van der Waals surface area contributed by atoms with Crippen LogP contribution in [0.3, 0.4) is 0 Å². The highest BCUT2D eigenvalue weighted by Crippen LogP contribution is 2.29. The zero-order chi connectivity index (χ0) is 17.1. The lowest BCUT2D eigenvalue weighted by Gasteiger charge is -2.10. The van der Waals surface area contributed by atoms with Crippen LogP contribution in [0.15, 0.2) is 35.7 Å². The summed E-state index contributed by atoms with van der Waals surface area (Å²) < 4.78 is 0. The number of hydrogen-bond donors (Lipinski definition) is 1. The molecule has 0 spiro atoms. The molecule has 1 N–H and O–H groups in total. The van der Waals surface area contributed by atoms with Gasteiger partial charge in [-0.25, -0.2) is 9.97 Å². The first-order chi connectivity index (χ1) is 11.5. The van der Waals surface area contributed by atoms with Crippen LogP contribution in [0.25, 0.3) is 21.5 Å². The number of rotatable bonds is 5. The van der Waals surface area contributed by atoms with Gasteiger partial charge >= 0.3 is 0 Å². The molecule has 1 amide bonds. The summed E-state index contributed by atoms with van der Waals surface area (Å²) in [5.74, 6) is 0.702. The first-order valence-electron chi connectivity index (χ1n) is 7.80. The van der Waals surface area contributed by atoms with E-state index < -0.39 is 0 Å². The van der Waals surface area contributed by atoms with Crippen molar-refractivity contribution in [3.8, 4) is 11.3 Å². The molecule has 2 aromatic heterocycles. The van der Waals surface area contributed by atoms with E-state index in [0.717, 1.165) is 33.8 Å². The van der Waals surface area contributed by atoms with Crippen LogP contribution >= 0.6 is 11.3 Å². The molecule has 0 radical (unpaired) electrons. The fourth-order valence-electron chi connectivity index (χ4n) is 2.46. The van der Waals surface area contributed by atoms with Crippen molar-refractivity contribution in [1.29, 1.82) is 0 Å². The second-order valence-electron chi connectivity index (χ2n) is 5.90. The Hall–Kier alpha value is -2.31. The minimum Gasteiger partial charge on any atom is -0.351 e. The second-order valence-corrected chi connectivity index (χ2v) is 6.79. The number of fused-ring (bicyclic) bond motifs is 1. The van der Waals surface area contributed by atoms with Crippen LogP contribution in [0, 0.1) is 6.92 Å². The van der Waals surface area contributed by atoms with Crippen LogP contribution in [0.4, 0.5) is 0 Å². The van der Waals surface area contributed by atoms with E-state index >= 15 is 0 Å². The summed E-state index contributed by atoms with van der Waals surface area (Å²) in [7, 11) is 3.96. The van der Waals surface area contributed by atoms with Gasteiger partial charge in [-0.2, -0.15) is 0 Å². The van der Waals surface area contributed by atoms with Gasteiger partial charge in [0.15, 0.2) is 0 Å². The predicted molar refractivity (Wildman–Crippen MR) is 98.5 cm³/mol. The Kier molecular flexibility index (Phi) is 4.87. The van der Waals surface area contributed by atoms with Gasteiger partial charge in [-0.05, 0) is 44.6 Å². The fourth-order valence-corrected chi connectivity index (χ4v) is 3.27. The van der Waals surface area contributed by atoms with Gasteiger partial charge in [0.25, 0.3) is 5.91 Å². The topological polar surface area (TPSA) is 58.1 Å². The second kappa shape index (κ2) is 7.07. The van der Waals surface area contributed by atoms with Gasteiger partial charge in [-0.1, -0.05) is 12.1 Å². The standard InChI is InChI=1S/C18H20N4OS/c1-12-20-16(15-8-11-24-18(15)21-12)13-4-6-14(7-5-13)17(23)19-9-10-22(2)3/h4-8,11H,9-10H2,1-3H3,(H,19,23). The van der Waals surface area contributed by atoms with Crippen LogP contribution in [-0.2, 0) is 0 Å². The Labute approximate surface area is 145 Å². The highest BCUT2D eigenvalue weighted by Gasteiger charge is 2.11. The summed E-state index contributed by atoms with van der Waals surface area (Å²) >= 11 is 1.61. The number of hydrogen-bond acceptors (Lipinski definition) is 5. The van der Waals surface area contributed by atoms with E-state index in [0.29, 0.717) is 12.1 Å². The maximum absolute atomic E-state index is 12.1. The average Bonchev–Trinajstić information content (AvgIpc) is 3.02. The molecule has 0 bridgehead atoms.